The van der Waals surface area contributed by atoms with Gasteiger partial charge in [0.2, 0.25) is 0 Å². The number of hydrogen-bond acceptors (Lipinski definition) is 3. The minimum atomic E-state index is 0.441. The quantitative estimate of drug-likeness (QED) is 0.836. The van der Waals surface area contributed by atoms with Gasteiger partial charge in [0.15, 0.2) is 0 Å². The molecule has 3 nitrogen and oxygen atoms in total. The molecule has 2 rings (SSSR count). The van der Waals surface area contributed by atoms with Crippen molar-refractivity contribution in [3.05, 3.63) is 23.8 Å². The molecule has 0 atom stereocenters. The SMILES string of the molecule is COc1ccc(CN2CCCC(C)(C)C2)cc1N. The molecule has 1 fully saturated rings. The molecule has 1 heterocycles. The fourth-order valence-corrected chi connectivity index (χ4v) is 2.82. The standard InChI is InChI=1S/C15H24N2O/c1-15(2)7-4-8-17(11-15)10-12-5-6-14(18-3)13(16)9-12/h5-6,9H,4,7-8,10-11,16H2,1-3H3. The van der Waals surface area contributed by atoms with E-state index in [4.69, 9.17) is 10.5 Å². The van der Waals surface area contributed by atoms with Crippen LogP contribution in [0.2, 0.25) is 0 Å². The van der Waals surface area contributed by atoms with Gasteiger partial charge in [-0.3, -0.25) is 4.90 Å². The minimum Gasteiger partial charge on any atom is -0.495 e. The van der Waals surface area contributed by atoms with E-state index in [1.54, 1.807) is 7.11 Å². The van der Waals surface area contributed by atoms with E-state index in [-0.39, 0.29) is 0 Å². The van der Waals surface area contributed by atoms with E-state index < -0.39 is 0 Å². The van der Waals surface area contributed by atoms with Crippen LogP contribution in [0.4, 0.5) is 5.69 Å². The van der Waals surface area contributed by atoms with Crippen LogP contribution in [0.3, 0.4) is 0 Å². The molecule has 0 spiro atoms. The van der Waals surface area contributed by atoms with Crippen molar-refractivity contribution in [2.24, 2.45) is 5.41 Å². The van der Waals surface area contributed by atoms with Crippen molar-refractivity contribution < 1.29 is 4.74 Å². The smallest absolute Gasteiger partial charge is 0.141 e. The number of ether oxygens (including phenoxy) is 1. The summed E-state index contributed by atoms with van der Waals surface area (Å²) >= 11 is 0. The van der Waals surface area contributed by atoms with Gasteiger partial charge in [0.25, 0.3) is 0 Å². The molecule has 3 heteroatoms. The zero-order valence-corrected chi connectivity index (χ0v) is 11.7. The summed E-state index contributed by atoms with van der Waals surface area (Å²) in [7, 11) is 1.65. The Kier molecular flexibility index (Phi) is 3.81. The highest BCUT2D eigenvalue weighted by Crippen LogP contribution is 2.30. The van der Waals surface area contributed by atoms with Gasteiger partial charge in [-0.05, 0) is 42.5 Å². The third kappa shape index (κ3) is 3.16. The summed E-state index contributed by atoms with van der Waals surface area (Å²) in [4.78, 5) is 2.52. The number of nitrogens with two attached hydrogens (primary N) is 1. The van der Waals surface area contributed by atoms with E-state index >= 15 is 0 Å². The second-order valence-corrected chi connectivity index (χ2v) is 6.05. The van der Waals surface area contributed by atoms with Crippen LogP contribution in [0.5, 0.6) is 5.75 Å². The second kappa shape index (κ2) is 5.19. The van der Waals surface area contributed by atoms with Crippen LogP contribution >= 0.6 is 0 Å². The lowest BCUT2D eigenvalue weighted by atomic mass is 9.84. The first-order chi connectivity index (χ1) is 8.50. The molecule has 1 aliphatic rings. The van der Waals surface area contributed by atoms with Crippen LogP contribution in [0.25, 0.3) is 0 Å². The monoisotopic (exact) mass is 248 g/mol. The average molecular weight is 248 g/mol. The summed E-state index contributed by atoms with van der Waals surface area (Å²) in [6, 6.07) is 6.09. The average Bonchev–Trinajstić information content (AvgIpc) is 2.28. The summed E-state index contributed by atoms with van der Waals surface area (Å²) in [5.41, 5.74) is 8.38. The first kappa shape index (κ1) is 13.2. The molecule has 0 aliphatic carbocycles. The van der Waals surface area contributed by atoms with Crippen molar-refractivity contribution in [3.8, 4) is 5.75 Å². The van der Waals surface area contributed by atoms with Crippen molar-refractivity contribution in [2.45, 2.75) is 33.2 Å². The fourth-order valence-electron chi connectivity index (χ4n) is 2.82. The highest BCUT2D eigenvalue weighted by Gasteiger charge is 2.26. The Morgan fingerprint density at radius 2 is 2.17 bits per heavy atom. The van der Waals surface area contributed by atoms with Gasteiger partial charge in [-0.15, -0.1) is 0 Å². The molecule has 100 valence electrons. The van der Waals surface area contributed by atoms with E-state index in [0.717, 1.165) is 18.0 Å². The van der Waals surface area contributed by atoms with Gasteiger partial charge in [0.1, 0.15) is 5.75 Å². The fraction of sp³-hybridized carbons (Fsp3) is 0.600. The zero-order chi connectivity index (χ0) is 13.2. The van der Waals surface area contributed by atoms with E-state index in [9.17, 15) is 0 Å². The van der Waals surface area contributed by atoms with Gasteiger partial charge in [-0.2, -0.15) is 0 Å². The maximum atomic E-state index is 5.95. The number of nitrogens with zero attached hydrogens (tertiary/aromatic N) is 1. The first-order valence-electron chi connectivity index (χ1n) is 6.65. The van der Waals surface area contributed by atoms with E-state index in [1.807, 2.05) is 12.1 Å². The third-order valence-corrected chi connectivity index (χ3v) is 3.68. The minimum absolute atomic E-state index is 0.441. The molecule has 1 saturated heterocycles. The predicted octanol–water partition coefficient (Wildman–Crippen LogP) is 2.90. The molecule has 0 radical (unpaired) electrons. The van der Waals surface area contributed by atoms with Gasteiger partial charge < -0.3 is 10.5 Å². The zero-order valence-electron chi connectivity index (χ0n) is 11.7. The number of nitrogen functional groups attached to an aromatic ring is 1. The van der Waals surface area contributed by atoms with Gasteiger partial charge in [0.05, 0.1) is 12.8 Å². The van der Waals surface area contributed by atoms with Crippen molar-refractivity contribution in [1.29, 1.82) is 0 Å². The summed E-state index contributed by atoms with van der Waals surface area (Å²) in [6.45, 7) is 8.04. The summed E-state index contributed by atoms with van der Waals surface area (Å²) < 4.78 is 5.18. The first-order valence-corrected chi connectivity index (χ1v) is 6.65. The van der Waals surface area contributed by atoms with E-state index in [1.165, 1.54) is 31.5 Å². The molecule has 18 heavy (non-hydrogen) atoms. The van der Waals surface area contributed by atoms with Crippen LogP contribution in [-0.2, 0) is 6.54 Å². The van der Waals surface area contributed by atoms with Gasteiger partial charge >= 0.3 is 0 Å². The van der Waals surface area contributed by atoms with Gasteiger partial charge in [-0.1, -0.05) is 19.9 Å². The number of likely N-dealkylation sites (tertiary alicyclic amines) is 1. The van der Waals surface area contributed by atoms with Crippen LogP contribution in [0.15, 0.2) is 18.2 Å². The van der Waals surface area contributed by atoms with Crippen LogP contribution in [-0.4, -0.2) is 25.1 Å². The molecule has 1 aromatic carbocycles. The Bertz CT molecular complexity index is 415. The van der Waals surface area contributed by atoms with Crippen LogP contribution < -0.4 is 10.5 Å². The van der Waals surface area contributed by atoms with Crippen molar-refractivity contribution in [2.75, 3.05) is 25.9 Å². The lowest BCUT2D eigenvalue weighted by molar-refractivity contribution is 0.112. The number of piperidine rings is 1. The molecular formula is C15H24N2O. The number of hydrogen-bond donors (Lipinski definition) is 1. The lowest BCUT2D eigenvalue weighted by Gasteiger charge is -2.38. The largest absolute Gasteiger partial charge is 0.495 e. The summed E-state index contributed by atoms with van der Waals surface area (Å²) in [5, 5.41) is 0. The highest BCUT2D eigenvalue weighted by molar-refractivity contribution is 5.54. The molecular weight excluding hydrogens is 224 g/mol. The molecule has 0 saturated carbocycles. The number of rotatable bonds is 3. The maximum Gasteiger partial charge on any atom is 0.141 e. The van der Waals surface area contributed by atoms with E-state index in [2.05, 4.69) is 24.8 Å². The Morgan fingerprint density at radius 3 is 2.78 bits per heavy atom. The molecule has 0 amide bonds. The molecule has 2 N–H and O–H groups in total. The highest BCUT2D eigenvalue weighted by atomic mass is 16.5. The van der Waals surface area contributed by atoms with Crippen molar-refractivity contribution in [1.82, 2.24) is 4.90 Å². The predicted molar refractivity (Wildman–Crippen MR) is 75.7 cm³/mol. The number of anilines is 1. The Hall–Kier alpha value is -1.22. The topological polar surface area (TPSA) is 38.5 Å². The molecule has 1 aliphatic heterocycles. The number of benzene rings is 1. The van der Waals surface area contributed by atoms with Gasteiger partial charge in [0, 0.05) is 13.1 Å². The maximum absolute atomic E-state index is 5.95. The normalized spacial score (nSPS) is 19.7. The Balaban J connectivity index is 2.03. The molecule has 0 unspecified atom stereocenters. The Labute approximate surface area is 110 Å². The van der Waals surface area contributed by atoms with Crippen LogP contribution in [0, 0.1) is 5.41 Å². The lowest BCUT2D eigenvalue weighted by Crippen LogP contribution is -2.39. The molecule has 0 aromatic heterocycles. The van der Waals surface area contributed by atoms with E-state index in [0.29, 0.717) is 5.41 Å². The number of methoxy groups -OCH3 is 1. The van der Waals surface area contributed by atoms with Crippen molar-refractivity contribution in [3.63, 3.8) is 0 Å². The third-order valence-electron chi connectivity index (χ3n) is 3.68. The summed E-state index contributed by atoms with van der Waals surface area (Å²) in [6.07, 6.45) is 2.62. The summed E-state index contributed by atoms with van der Waals surface area (Å²) in [5.74, 6) is 0.762. The van der Waals surface area contributed by atoms with Crippen molar-refractivity contribution >= 4 is 5.69 Å². The van der Waals surface area contributed by atoms with Crippen LogP contribution in [0.1, 0.15) is 32.3 Å². The van der Waals surface area contributed by atoms with Gasteiger partial charge in [-0.25, -0.2) is 0 Å². The molecule has 0 bridgehead atoms. The molecule has 1 aromatic rings. The Morgan fingerprint density at radius 1 is 1.39 bits per heavy atom. The second-order valence-electron chi connectivity index (χ2n) is 6.05.